The quantitative estimate of drug-likeness (QED) is 0.538. The van der Waals surface area contributed by atoms with Crippen LogP contribution in [0, 0.1) is 12.7 Å². The number of ether oxygens (including phenoxy) is 1. The SMILES string of the molecule is Cc1ccc2oc(C(=O)OCC(=O)c3cccc(F)c3)cc(=O)c2c1. The van der Waals surface area contributed by atoms with E-state index in [-0.39, 0.29) is 22.3 Å². The van der Waals surface area contributed by atoms with Crippen LogP contribution in [0.3, 0.4) is 0 Å². The number of carbonyl (C=O) groups is 2. The first-order chi connectivity index (χ1) is 11.9. The Hall–Kier alpha value is -3.28. The molecule has 1 heterocycles. The Morgan fingerprint density at radius 1 is 1.12 bits per heavy atom. The predicted octanol–water partition coefficient (Wildman–Crippen LogP) is 3.28. The van der Waals surface area contributed by atoms with Gasteiger partial charge in [-0.05, 0) is 31.2 Å². The fraction of sp³-hybridized carbons (Fsp3) is 0.105. The van der Waals surface area contributed by atoms with Gasteiger partial charge in [-0.3, -0.25) is 9.59 Å². The summed E-state index contributed by atoms with van der Waals surface area (Å²) in [5.74, 6) is -2.36. The van der Waals surface area contributed by atoms with Crippen LogP contribution in [0.1, 0.15) is 26.5 Å². The summed E-state index contributed by atoms with van der Waals surface area (Å²) in [4.78, 5) is 36.0. The summed E-state index contributed by atoms with van der Waals surface area (Å²) in [6.45, 7) is 1.25. The molecule has 1 aromatic heterocycles. The fourth-order valence-electron chi connectivity index (χ4n) is 2.32. The first-order valence-corrected chi connectivity index (χ1v) is 7.44. The number of ketones is 1. The number of aryl methyl sites for hydroxylation is 1. The van der Waals surface area contributed by atoms with E-state index in [4.69, 9.17) is 9.15 Å². The van der Waals surface area contributed by atoms with E-state index in [2.05, 4.69) is 0 Å². The fourth-order valence-corrected chi connectivity index (χ4v) is 2.32. The van der Waals surface area contributed by atoms with Gasteiger partial charge in [-0.2, -0.15) is 0 Å². The van der Waals surface area contributed by atoms with Crippen molar-refractivity contribution < 1.29 is 23.1 Å². The van der Waals surface area contributed by atoms with Gasteiger partial charge in [0.05, 0.1) is 5.39 Å². The van der Waals surface area contributed by atoms with E-state index in [1.165, 1.54) is 18.2 Å². The molecule has 0 spiro atoms. The van der Waals surface area contributed by atoms with Crippen LogP contribution in [0.4, 0.5) is 4.39 Å². The maximum atomic E-state index is 13.1. The minimum Gasteiger partial charge on any atom is -0.451 e. The van der Waals surface area contributed by atoms with E-state index in [0.717, 1.165) is 17.7 Å². The van der Waals surface area contributed by atoms with E-state index in [1.54, 1.807) is 18.2 Å². The minimum atomic E-state index is -0.940. The van der Waals surface area contributed by atoms with Gasteiger partial charge in [0.25, 0.3) is 0 Å². The highest BCUT2D eigenvalue weighted by Gasteiger charge is 2.16. The molecule has 2 aromatic carbocycles. The van der Waals surface area contributed by atoms with Crippen molar-refractivity contribution in [1.82, 2.24) is 0 Å². The Labute approximate surface area is 141 Å². The lowest BCUT2D eigenvalue weighted by Gasteiger charge is -2.05. The Kier molecular flexibility index (Phi) is 4.43. The first-order valence-electron chi connectivity index (χ1n) is 7.44. The van der Waals surface area contributed by atoms with E-state index < -0.39 is 24.2 Å². The van der Waals surface area contributed by atoms with Crippen molar-refractivity contribution in [3.8, 4) is 0 Å². The molecular weight excluding hydrogens is 327 g/mol. The first kappa shape index (κ1) is 16.6. The van der Waals surface area contributed by atoms with Crippen molar-refractivity contribution in [3.05, 3.63) is 81.5 Å². The number of benzene rings is 2. The van der Waals surface area contributed by atoms with E-state index in [1.807, 2.05) is 6.92 Å². The van der Waals surface area contributed by atoms with Gasteiger partial charge in [0.2, 0.25) is 5.76 Å². The number of hydrogen-bond donors (Lipinski definition) is 0. The standard InChI is InChI=1S/C19H13FO5/c1-11-5-6-17-14(7-11)15(21)9-18(25-17)19(23)24-10-16(22)12-3-2-4-13(20)8-12/h2-9H,10H2,1H3. The summed E-state index contributed by atoms with van der Waals surface area (Å²) in [6.07, 6.45) is 0. The van der Waals surface area contributed by atoms with Gasteiger partial charge in [-0.1, -0.05) is 23.8 Å². The van der Waals surface area contributed by atoms with Crippen molar-refractivity contribution in [2.45, 2.75) is 6.92 Å². The zero-order valence-corrected chi connectivity index (χ0v) is 13.2. The topological polar surface area (TPSA) is 73.6 Å². The Bertz CT molecular complexity index is 1040. The maximum absolute atomic E-state index is 13.1. The number of esters is 1. The monoisotopic (exact) mass is 340 g/mol. The lowest BCUT2D eigenvalue weighted by atomic mass is 10.1. The summed E-state index contributed by atoms with van der Waals surface area (Å²) >= 11 is 0. The van der Waals surface area contributed by atoms with Gasteiger partial charge in [0, 0.05) is 11.6 Å². The number of rotatable bonds is 4. The van der Waals surface area contributed by atoms with Gasteiger partial charge < -0.3 is 9.15 Å². The second kappa shape index (κ2) is 6.68. The molecule has 0 N–H and O–H groups in total. The summed E-state index contributed by atoms with van der Waals surface area (Å²) in [5, 5.41) is 0.354. The number of hydrogen-bond acceptors (Lipinski definition) is 5. The number of fused-ring (bicyclic) bond motifs is 1. The highest BCUT2D eigenvalue weighted by Crippen LogP contribution is 2.15. The van der Waals surface area contributed by atoms with Gasteiger partial charge >= 0.3 is 5.97 Å². The molecule has 25 heavy (non-hydrogen) atoms. The molecule has 3 aromatic rings. The Morgan fingerprint density at radius 2 is 1.92 bits per heavy atom. The lowest BCUT2D eigenvalue weighted by molar-refractivity contribution is 0.0444. The molecule has 0 radical (unpaired) electrons. The van der Waals surface area contributed by atoms with Gasteiger partial charge in [0.15, 0.2) is 17.8 Å². The third-order valence-electron chi connectivity index (χ3n) is 3.56. The molecule has 0 saturated carbocycles. The molecule has 126 valence electrons. The molecule has 0 amide bonds. The van der Waals surface area contributed by atoms with Crippen LogP contribution in [0.25, 0.3) is 11.0 Å². The lowest BCUT2D eigenvalue weighted by Crippen LogP contribution is -2.16. The number of halogens is 1. The number of carbonyl (C=O) groups excluding carboxylic acids is 2. The van der Waals surface area contributed by atoms with Crippen LogP contribution in [0.5, 0.6) is 0 Å². The molecule has 3 rings (SSSR count). The second-order valence-electron chi connectivity index (χ2n) is 5.48. The van der Waals surface area contributed by atoms with Crippen LogP contribution >= 0.6 is 0 Å². The van der Waals surface area contributed by atoms with Crippen molar-refractivity contribution in [2.75, 3.05) is 6.61 Å². The predicted molar refractivity (Wildman–Crippen MR) is 88.2 cm³/mol. The van der Waals surface area contributed by atoms with Crippen LogP contribution in [0.2, 0.25) is 0 Å². The average Bonchev–Trinajstić information content (AvgIpc) is 2.59. The van der Waals surface area contributed by atoms with Crippen molar-refractivity contribution in [1.29, 1.82) is 0 Å². The average molecular weight is 340 g/mol. The molecule has 0 aliphatic rings. The molecule has 0 saturated heterocycles. The molecule has 6 heteroatoms. The molecule has 0 aliphatic carbocycles. The van der Waals surface area contributed by atoms with Crippen LogP contribution in [0.15, 0.2) is 57.7 Å². The van der Waals surface area contributed by atoms with Crippen LogP contribution in [-0.4, -0.2) is 18.4 Å². The van der Waals surface area contributed by atoms with E-state index in [9.17, 15) is 18.8 Å². The van der Waals surface area contributed by atoms with Crippen LogP contribution in [-0.2, 0) is 4.74 Å². The summed E-state index contributed by atoms with van der Waals surface area (Å²) in [7, 11) is 0. The highest BCUT2D eigenvalue weighted by molar-refractivity contribution is 5.99. The van der Waals surface area contributed by atoms with Crippen molar-refractivity contribution >= 4 is 22.7 Å². The maximum Gasteiger partial charge on any atom is 0.374 e. The van der Waals surface area contributed by atoms with Crippen molar-refractivity contribution in [3.63, 3.8) is 0 Å². The zero-order valence-electron chi connectivity index (χ0n) is 13.2. The largest absolute Gasteiger partial charge is 0.451 e. The van der Waals surface area contributed by atoms with E-state index in [0.29, 0.717) is 5.39 Å². The zero-order chi connectivity index (χ0) is 18.0. The Morgan fingerprint density at radius 3 is 2.68 bits per heavy atom. The normalized spacial score (nSPS) is 10.6. The number of Topliss-reactive ketones (excluding diaryl/α,β-unsaturated/α-hetero) is 1. The van der Waals surface area contributed by atoms with Gasteiger partial charge in [-0.25, -0.2) is 9.18 Å². The third kappa shape index (κ3) is 3.63. The third-order valence-corrected chi connectivity index (χ3v) is 3.56. The molecule has 0 bridgehead atoms. The molecular formula is C19H13FO5. The molecule has 0 fully saturated rings. The minimum absolute atomic E-state index is 0.0863. The Balaban J connectivity index is 1.77. The van der Waals surface area contributed by atoms with Crippen molar-refractivity contribution in [2.24, 2.45) is 0 Å². The molecule has 5 nitrogen and oxygen atoms in total. The van der Waals surface area contributed by atoms with Gasteiger partial charge in [-0.15, -0.1) is 0 Å². The van der Waals surface area contributed by atoms with Crippen LogP contribution < -0.4 is 5.43 Å². The smallest absolute Gasteiger partial charge is 0.374 e. The molecule has 0 aliphatic heterocycles. The van der Waals surface area contributed by atoms with Gasteiger partial charge in [0.1, 0.15) is 11.4 Å². The summed E-state index contributed by atoms with van der Waals surface area (Å²) in [6, 6.07) is 11.1. The highest BCUT2D eigenvalue weighted by atomic mass is 19.1. The molecule has 0 atom stereocenters. The summed E-state index contributed by atoms with van der Waals surface area (Å²) in [5.41, 5.74) is 0.842. The molecule has 0 unspecified atom stereocenters. The summed E-state index contributed by atoms with van der Waals surface area (Å²) < 4.78 is 23.3. The van der Waals surface area contributed by atoms with E-state index >= 15 is 0 Å². The second-order valence-corrected chi connectivity index (χ2v) is 5.48.